The molecule has 0 aliphatic rings. The lowest BCUT2D eigenvalue weighted by Gasteiger charge is -2.11. The van der Waals surface area contributed by atoms with Crippen molar-refractivity contribution in [2.45, 2.75) is 33.8 Å². The number of benzene rings is 1. The first-order valence-corrected chi connectivity index (χ1v) is 5.29. The van der Waals surface area contributed by atoms with Gasteiger partial charge in [-0.25, -0.2) is 0 Å². The maximum Gasteiger partial charge on any atom is 0.191 e. The number of hydrogen-bond donors (Lipinski definition) is 0. The normalized spacial score (nSPS) is 12.5. The summed E-state index contributed by atoms with van der Waals surface area (Å²) in [5, 5.41) is 0. The second kappa shape index (κ2) is 5.08. The van der Waals surface area contributed by atoms with E-state index in [0.717, 1.165) is 11.1 Å². The van der Waals surface area contributed by atoms with Crippen molar-refractivity contribution in [2.24, 2.45) is 0 Å². The molecule has 2 nitrogen and oxygen atoms in total. The van der Waals surface area contributed by atoms with Crippen molar-refractivity contribution in [3.05, 3.63) is 34.9 Å². The van der Waals surface area contributed by atoms with Crippen molar-refractivity contribution < 1.29 is 9.53 Å². The van der Waals surface area contributed by atoms with Gasteiger partial charge in [-0.3, -0.25) is 4.79 Å². The van der Waals surface area contributed by atoms with Crippen LogP contribution in [-0.4, -0.2) is 18.5 Å². The zero-order valence-electron chi connectivity index (χ0n) is 9.83. The summed E-state index contributed by atoms with van der Waals surface area (Å²) in [7, 11) is 0. The molecule has 1 rings (SSSR count). The average Bonchev–Trinajstić information content (AvgIpc) is 2.21. The second-order valence-electron chi connectivity index (χ2n) is 3.76. The Kier molecular flexibility index (Phi) is 4.04. The van der Waals surface area contributed by atoms with E-state index >= 15 is 0 Å². The fraction of sp³-hybridized carbons (Fsp3) is 0.462. The molecule has 0 N–H and O–H groups in total. The third kappa shape index (κ3) is 2.90. The highest BCUT2D eigenvalue weighted by molar-refractivity contribution is 5.99. The second-order valence-corrected chi connectivity index (χ2v) is 3.76. The number of ether oxygens (including phenoxy) is 1. The summed E-state index contributed by atoms with van der Waals surface area (Å²) >= 11 is 0. The van der Waals surface area contributed by atoms with Crippen molar-refractivity contribution in [2.75, 3.05) is 6.61 Å². The number of carbonyl (C=O) groups excluding carboxylic acids is 1. The topological polar surface area (TPSA) is 26.3 Å². The lowest BCUT2D eigenvalue weighted by atomic mass is 10.0. The molecule has 0 fully saturated rings. The molecule has 0 heterocycles. The number of hydrogen-bond acceptors (Lipinski definition) is 2. The molecule has 0 saturated carbocycles. The standard InChI is InChI=1S/C13H18O2/c1-5-15-11(4)13(14)12-7-6-9(2)10(3)8-12/h6-8,11H,5H2,1-4H3. The van der Waals surface area contributed by atoms with Crippen LogP contribution in [0.15, 0.2) is 18.2 Å². The third-order valence-corrected chi connectivity index (χ3v) is 2.58. The predicted octanol–water partition coefficient (Wildman–Crippen LogP) is 2.91. The molecule has 0 bridgehead atoms. The van der Waals surface area contributed by atoms with Crippen LogP contribution in [0, 0.1) is 13.8 Å². The molecular weight excluding hydrogens is 188 g/mol. The van der Waals surface area contributed by atoms with Gasteiger partial charge in [-0.05, 0) is 44.9 Å². The van der Waals surface area contributed by atoms with E-state index < -0.39 is 0 Å². The fourth-order valence-corrected chi connectivity index (χ4v) is 1.46. The Bertz CT molecular complexity index is 356. The highest BCUT2D eigenvalue weighted by atomic mass is 16.5. The van der Waals surface area contributed by atoms with E-state index in [-0.39, 0.29) is 11.9 Å². The van der Waals surface area contributed by atoms with Gasteiger partial charge in [0, 0.05) is 12.2 Å². The van der Waals surface area contributed by atoms with Gasteiger partial charge in [0.2, 0.25) is 0 Å². The molecule has 1 unspecified atom stereocenters. The first-order valence-electron chi connectivity index (χ1n) is 5.29. The smallest absolute Gasteiger partial charge is 0.191 e. The van der Waals surface area contributed by atoms with E-state index in [1.54, 1.807) is 6.92 Å². The van der Waals surface area contributed by atoms with Crippen LogP contribution in [0.2, 0.25) is 0 Å². The number of Topliss-reactive ketones (excluding diaryl/α,β-unsaturated/α-hetero) is 1. The summed E-state index contributed by atoms with van der Waals surface area (Å²) in [4.78, 5) is 11.9. The lowest BCUT2D eigenvalue weighted by Crippen LogP contribution is -2.20. The number of rotatable bonds is 4. The number of carbonyl (C=O) groups is 1. The van der Waals surface area contributed by atoms with Gasteiger partial charge in [-0.2, -0.15) is 0 Å². The zero-order valence-corrected chi connectivity index (χ0v) is 9.83. The first kappa shape index (κ1) is 11.9. The minimum Gasteiger partial charge on any atom is -0.371 e. The Morgan fingerprint density at radius 3 is 2.53 bits per heavy atom. The average molecular weight is 206 g/mol. The molecular formula is C13H18O2. The third-order valence-electron chi connectivity index (χ3n) is 2.58. The highest BCUT2D eigenvalue weighted by Crippen LogP contribution is 2.12. The summed E-state index contributed by atoms with van der Waals surface area (Å²) in [6, 6.07) is 5.76. The van der Waals surface area contributed by atoms with Crippen LogP contribution in [0.25, 0.3) is 0 Å². The monoisotopic (exact) mass is 206 g/mol. The predicted molar refractivity (Wildman–Crippen MR) is 61.3 cm³/mol. The molecule has 82 valence electrons. The molecule has 15 heavy (non-hydrogen) atoms. The van der Waals surface area contributed by atoms with E-state index in [9.17, 15) is 4.79 Å². The maximum atomic E-state index is 11.9. The van der Waals surface area contributed by atoms with Gasteiger partial charge in [0.1, 0.15) is 6.10 Å². The van der Waals surface area contributed by atoms with Crippen LogP contribution >= 0.6 is 0 Å². The molecule has 0 amide bonds. The Morgan fingerprint density at radius 2 is 2.00 bits per heavy atom. The number of aryl methyl sites for hydroxylation is 2. The van der Waals surface area contributed by atoms with Crippen molar-refractivity contribution in [3.8, 4) is 0 Å². The van der Waals surface area contributed by atoms with Gasteiger partial charge in [-0.15, -0.1) is 0 Å². The minimum absolute atomic E-state index is 0.0555. The summed E-state index contributed by atoms with van der Waals surface area (Å²) in [5.74, 6) is 0.0555. The van der Waals surface area contributed by atoms with Gasteiger partial charge >= 0.3 is 0 Å². The molecule has 0 radical (unpaired) electrons. The first-order chi connectivity index (χ1) is 7.06. The van der Waals surface area contributed by atoms with Gasteiger partial charge < -0.3 is 4.74 Å². The van der Waals surface area contributed by atoms with Gasteiger partial charge in [-0.1, -0.05) is 12.1 Å². The molecule has 2 heteroatoms. The summed E-state index contributed by atoms with van der Waals surface area (Å²) in [6.07, 6.45) is -0.350. The van der Waals surface area contributed by atoms with Gasteiger partial charge in [0.05, 0.1) is 0 Å². The molecule has 1 atom stereocenters. The van der Waals surface area contributed by atoms with Crippen molar-refractivity contribution in [3.63, 3.8) is 0 Å². The van der Waals surface area contributed by atoms with E-state index in [1.165, 1.54) is 5.56 Å². The Balaban J connectivity index is 2.87. The highest BCUT2D eigenvalue weighted by Gasteiger charge is 2.15. The SMILES string of the molecule is CCOC(C)C(=O)c1ccc(C)c(C)c1. The summed E-state index contributed by atoms with van der Waals surface area (Å²) < 4.78 is 5.28. The van der Waals surface area contributed by atoms with Gasteiger partial charge in [0.25, 0.3) is 0 Å². The van der Waals surface area contributed by atoms with Crippen LogP contribution in [-0.2, 0) is 4.74 Å². The van der Waals surface area contributed by atoms with Crippen LogP contribution in [0.3, 0.4) is 0 Å². The van der Waals surface area contributed by atoms with E-state index in [0.29, 0.717) is 6.61 Å². The summed E-state index contributed by atoms with van der Waals surface area (Å²) in [6.45, 7) is 8.30. The largest absolute Gasteiger partial charge is 0.371 e. The number of ketones is 1. The molecule has 0 spiro atoms. The molecule has 0 aliphatic carbocycles. The quantitative estimate of drug-likeness (QED) is 0.708. The maximum absolute atomic E-state index is 11.9. The minimum atomic E-state index is -0.350. The van der Waals surface area contributed by atoms with Crippen molar-refractivity contribution in [1.82, 2.24) is 0 Å². The van der Waals surface area contributed by atoms with Crippen LogP contribution in [0.5, 0.6) is 0 Å². The molecule has 0 saturated heterocycles. The fourth-order valence-electron chi connectivity index (χ4n) is 1.46. The van der Waals surface area contributed by atoms with Crippen molar-refractivity contribution >= 4 is 5.78 Å². The Morgan fingerprint density at radius 1 is 1.33 bits per heavy atom. The zero-order chi connectivity index (χ0) is 11.4. The van der Waals surface area contributed by atoms with Crippen molar-refractivity contribution in [1.29, 1.82) is 0 Å². The van der Waals surface area contributed by atoms with Gasteiger partial charge in [0.15, 0.2) is 5.78 Å². The van der Waals surface area contributed by atoms with E-state index in [4.69, 9.17) is 4.74 Å². The van der Waals surface area contributed by atoms with E-state index in [2.05, 4.69) is 0 Å². The van der Waals surface area contributed by atoms with Crippen LogP contribution in [0.1, 0.15) is 35.3 Å². The summed E-state index contributed by atoms with van der Waals surface area (Å²) in [5.41, 5.74) is 3.08. The molecule has 0 aromatic heterocycles. The molecule has 0 aliphatic heterocycles. The molecule has 1 aromatic rings. The Hall–Kier alpha value is -1.15. The van der Waals surface area contributed by atoms with Crippen LogP contribution in [0.4, 0.5) is 0 Å². The van der Waals surface area contributed by atoms with Crippen LogP contribution < -0.4 is 0 Å². The lowest BCUT2D eigenvalue weighted by molar-refractivity contribution is 0.0520. The Labute approximate surface area is 91.3 Å². The molecule has 1 aromatic carbocycles. The van der Waals surface area contributed by atoms with E-state index in [1.807, 2.05) is 39.0 Å².